The molecule has 0 radical (unpaired) electrons. The SMILES string of the molecule is c1ccc(N2CCC(NCC3CCCN3)CC2)nc1. The molecule has 1 aromatic rings. The van der Waals surface area contributed by atoms with Gasteiger partial charge in [-0.05, 0) is 44.4 Å². The van der Waals surface area contributed by atoms with Crippen LogP contribution in [0.5, 0.6) is 0 Å². The predicted molar refractivity (Wildman–Crippen MR) is 78.5 cm³/mol. The second-order valence-corrected chi connectivity index (χ2v) is 5.65. The Hall–Kier alpha value is -1.13. The highest BCUT2D eigenvalue weighted by atomic mass is 15.2. The zero-order valence-electron chi connectivity index (χ0n) is 11.5. The van der Waals surface area contributed by atoms with Crippen LogP contribution in [0.25, 0.3) is 0 Å². The molecule has 1 unspecified atom stereocenters. The molecule has 2 aliphatic heterocycles. The van der Waals surface area contributed by atoms with E-state index in [4.69, 9.17) is 0 Å². The first-order valence-electron chi connectivity index (χ1n) is 7.54. The highest BCUT2D eigenvalue weighted by Gasteiger charge is 2.21. The first kappa shape index (κ1) is 12.9. The van der Waals surface area contributed by atoms with Gasteiger partial charge in [-0.25, -0.2) is 4.98 Å². The van der Waals surface area contributed by atoms with Gasteiger partial charge in [0.2, 0.25) is 0 Å². The Labute approximate surface area is 115 Å². The molecule has 0 aromatic carbocycles. The Kier molecular flexibility index (Phi) is 4.30. The topological polar surface area (TPSA) is 40.2 Å². The number of anilines is 1. The van der Waals surface area contributed by atoms with E-state index in [-0.39, 0.29) is 0 Å². The van der Waals surface area contributed by atoms with Crippen molar-refractivity contribution >= 4 is 5.82 Å². The fourth-order valence-corrected chi connectivity index (χ4v) is 3.09. The first-order chi connectivity index (χ1) is 9.42. The molecular weight excluding hydrogens is 236 g/mol. The summed E-state index contributed by atoms with van der Waals surface area (Å²) < 4.78 is 0. The fraction of sp³-hybridized carbons (Fsp3) is 0.667. The van der Waals surface area contributed by atoms with Crippen molar-refractivity contribution in [2.75, 3.05) is 31.1 Å². The molecule has 0 amide bonds. The number of nitrogens with zero attached hydrogens (tertiary/aromatic N) is 2. The molecule has 1 aromatic heterocycles. The summed E-state index contributed by atoms with van der Waals surface area (Å²) in [5.74, 6) is 1.12. The number of rotatable bonds is 4. The van der Waals surface area contributed by atoms with Crippen molar-refractivity contribution in [2.24, 2.45) is 0 Å². The Balaban J connectivity index is 1.42. The molecule has 2 aliphatic rings. The molecule has 4 nitrogen and oxygen atoms in total. The van der Waals surface area contributed by atoms with Crippen molar-refractivity contribution in [2.45, 2.75) is 37.8 Å². The second-order valence-electron chi connectivity index (χ2n) is 5.65. The predicted octanol–water partition coefficient (Wildman–Crippen LogP) is 1.39. The molecule has 19 heavy (non-hydrogen) atoms. The van der Waals surface area contributed by atoms with Gasteiger partial charge in [0, 0.05) is 37.9 Å². The largest absolute Gasteiger partial charge is 0.357 e. The number of nitrogens with one attached hydrogen (secondary N) is 2. The molecule has 0 spiro atoms. The van der Waals surface area contributed by atoms with Gasteiger partial charge in [-0.15, -0.1) is 0 Å². The van der Waals surface area contributed by atoms with E-state index in [2.05, 4.69) is 32.7 Å². The summed E-state index contributed by atoms with van der Waals surface area (Å²) in [4.78, 5) is 6.83. The molecule has 2 saturated heterocycles. The lowest BCUT2D eigenvalue weighted by Crippen LogP contribution is -2.46. The molecule has 3 rings (SSSR count). The van der Waals surface area contributed by atoms with Crippen molar-refractivity contribution in [3.05, 3.63) is 24.4 Å². The van der Waals surface area contributed by atoms with Crippen LogP contribution in [0.2, 0.25) is 0 Å². The lowest BCUT2D eigenvalue weighted by atomic mass is 10.0. The quantitative estimate of drug-likeness (QED) is 0.858. The highest BCUT2D eigenvalue weighted by molar-refractivity contribution is 5.38. The van der Waals surface area contributed by atoms with Crippen LogP contribution in [0.4, 0.5) is 5.82 Å². The van der Waals surface area contributed by atoms with Crippen LogP contribution >= 0.6 is 0 Å². The average Bonchev–Trinajstić information content (AvgIpc) is 3.00. The number of aromatic nitrogens is 1. The summed E-state index contributed by atoms with van der Waals surface area (Å²) in [5.41, 5.74) is 0. The van der Waals surface area contributed by atoms with Crippen molar-refractivity contribution in [3.63, 3.8) is 0 Å². The second kappa shape index (κ2) is 6.35. The zero-order chi connectivity index (χ0) is 12.9. The number of hydrogen-bond acceptors (Lipinski definition) is 4. The van der Waals surface area contributed by atoms with Crippen LogP contribution in [-0.2, 0) is 0 Å². The average molecular weight is 260 g/mol. The maximum atomic E-state index is 4.43. The Morgan fingerprint density at radius 2 is 2.16 bits per heavy atom. The molecule has 2 fully saturated rings. The molecule has 2 N–H and O–H groups in total. The lowest BCUT2D eigenvalue weighted by Gasteiger charge is -2.33. The van der Waals surface area contributed by atoms with Gasteiger partial charge in [0.15, 0.2) is 0 Å². The first-order valence-corrected chi connectivity index (χ1v) is 7.54. The van der Waals surface area contributed by atoms with Crippen LogP contribution in [0.1, 0.15) is 25.7 Å². The smallest absolute Gasteiger partial charge is 0.128 e. The number of pyridine rings is 1. The maximum Gasteiger partial charge on any atom is 0.128 e. The minimum Gasteiger partial charge on any atom is -0.357 e. The summed E-state index contributed by atoms with van der Waals surface area (Å²) in [6.45, 7) is 4.57. The van der Waals surface area contributed by atoms with E-state index in [1.54, 1.807) is 0 Å². The number of piperidine rings is 1. The molecule has 0 aliphatic carbocycles. The van der Waals surface area contributed by atoms with Crippen molar-refractivity contribution in [1.82, 2.24) is 15.6 Å². The van der Waals surface area contributed by atoms with Gasteiger partial charge < -0.3 is 15.5 Å². The van der Waals surface area contributed by atoms with Gasteiger partial charge >= 0.3 is 0 Å². The van der Waals surface area contributed by atoms with E-state index >= 15 is 0 Å². The monoisotopic (exact) mass is 260 g/mol. The third kappa shape index (κ3) is 3.45. The van der Waals surface area contributed by atoms with Crippen molar-refractivity contribution in [1.29, 1.82) is 0 Å². The minimum atomic E-state index is 0.683. The summed E-state index contributed by atoms with van der Waals surface area (Å²) in [7, 11) is 0. The van der Waals surface area contributed by atoms with Crippen LogP contribution < -0.4 is 15.5 Å². The number of hydrogen-bond donors (Lipinski definition) is 2. The van der Waals surface area contributed by atoms with Crippen molar-refractivity contribution in [3.8, 4) is 0 Å². The Morgan fingerprint density at radius 3 is 2.84 bits per heavy atom. The summed E-state index contributed by atoms with van der Waals surface area (Å²) >= 11 is 0. The van der Waals surface area contributed by atoms with E-state index in [9.17, 15) is 0 Å². The Bertz CT molecular complexity index is 367. The molecular formula is C15H24N4. The molecule has 1 atom stereocenters. The van der Waals surface area contributed by atoms with Gasteiger partial charge in [0.05, 0.1) is 0 Å². The normalized spacial score (nSPS) is 24.8. The van der Waals surface area contributed by atoms with Gasteiger partial charge in [0.1, 0.15) is 5.82 Å². The lowest BCUT2D eigenvalue weighted by molar-refractivity contribution is 0.392. The maximum absolute atomic E-state index is 4.43. The third-order valence-electron chi connectivity index (χ3n) is 4.28. The van der Waals surface area contributed by atoms with Gasteiger partial charge in [-0.3, -0.25) is 0 Å². The van der Waals surface area contributed by atoms with Crippen molar-refractivity contribution < 1.29 is 0 Å². The molecule has 3 heterocycles. The zero-order valence-corrected chi connectivity index (χ0v) is 11.5. The highest BCUT2D eigenvalue weighted by Crippen LogP contribution is 2.17. The Morgan fingerprint density at radius 1 is 1.26 bits per heavy atom. The van der Waals surface area contributed by atoms with Crippen LogP contribution in [-0.4, -0.2) is 43.2 Å². The minimum absolute atomic E-state index is 0.683. The molecule has 104 valence electrons. The van der Waals surface area contributed by atoms with Gasteiger partial charge in [0.25, 0.3) is 0 Å². The molecule has 0 bridgehead atoms. The summed E-state index contributed by atoms with van der Waals surface area (Å²) in [5, 5.41) is 7.27. The fourth-order valence-electron chi connectivity index (χ4n) is 3.09. The van der Waals surface area contributed by atoms with E-state index in [0.29, 0.717) is 12.1 Å². The van der Waals surface area contributed by atoms with Crippen LogP contribution in [0.15, 0.2) is 24.4 Å². The molecule has 0 saturated carbocycles. The summed E-state index contributed by atoms with van der Waals surface area (Å²) in [6.07, 6.45) is 7.00. The summed E-state index contributed by atoms with van der Waals surface area (Å²) in [6, 6.07) is 7.54. The van der Waals surface area contributed by atoms with E-state index in [0.717, 1.165) is 25.5 Å². The third-order valence-corrected chi connectivity index (χ3v) is 4.28. The van der Waals surface area contributed by atoms with E-state index in [1.807, 2.05) is 12.3 Å². The van der Waals surface area contributed by atoms with Crippen LogP contribution in [0.3, 0.4) is 0 Å². The molecule has 4 heteroatoms. The van der Waals surface area contributed by atoms with Crippen LogP contribution in [0, 0.1) is 0 Å². The van der Waals surface area contributed by atoms with E-state index in [1.165, 1.54) is 32.2 Å². The standard InChI is InChI=1S/C15H24N4/c1-2-8-17-15(5-1)19-10-6-13(7-11-19)18-12-14-4-3-9-16-14/h1-2,5,8,13-14,16,18H,3-4,6-7,9-12H2. The van der Waals surface area contributed by atoms with Gasteiger partial charge in [-0.2, -0.15) is 0 Å². The van der Waals surface area contributed by atoms with Gasteiger partial charge in [-0.1, -0.05) is 6.07 Å². The van der Waals surface area contributed by atoms with E-state index < -0.39 is 0 Å².